The van der Waals surface area contributed by atoms with Crippen LogP contribution in [-0.2, 0) is 6.42 Å². The van der Waals surface area contributed by atoms with Gasteiger partial charge in [-0.15, -0.1) is 6.58 Å². The quantitative estimate of drug-likeness (QED) is 0.323. The lowest BCUT2D eigenvalue weighted by Crippen LogP contribution is -2.14. The van der Waals surface area contributed by atoms with Crippen LogP contribution in [-0.4, -0.2) is 0 Å². The molecule has 0 aromatic heterocycles. The van der Waals surface area contributed by atoms with Crippen LogP contribution in [0.15, 0.2) is 49.1 Å². The fourth-order valence-corrected chi connectivity index (χ4v) is 4.36. The fraction of sp³-hybridized carbons (Fsp3) is 0.429. The molecule has 0 saturated heterocycles. The van der Waals surface area contributed by atoms with Crippen LogP contribution in [0, 0.1) is 29.4 Å². The summed E-state index contributed by atoms with van der Waals surface area (Å²) in [5.74, 6) is 5.48. The number of hydrogen-bond donors (Lipinski definition) is 0. The third-order valence-electron chi connectivity index (χ3n) is 6.27. The van der Waals surface area contributed by atoms with Crippen molar-refractivity contribution in [1.29, 1.82) is 0 Å². The summed E-state index contributed by atoms with van der Waals surface area (Å²) in [7, 11) is 0. The SMILES string of the molecule is C=CCCC1CCC(c2cc(F)c(C#Cc3ccc(CCCC)cc3)c(F)c2)CC1. The minimum Gasteiger partial charge on any atom is -0.206 e. The summed E-state index contributed by atoms with van der Waals surface area (Å²) in [6.45, 7) is 5.96. The van der Waals surface area contributed by atoms with E-state index in [4.69, 9.17) is 0 Å². The molecule has 3 rings (SSSR count). The van der Waals surface area contributed by atoms with Gasteiger partial charge in [-0.2, -0.15) is 0 Å². The zero-order chi connectivity index (χ0) is 21.3. The largest absolute Gasteiger partial charge is 0.206 e. The number of aryl methyl sites for hydroxylation is 1. The van der Waals surface area contributed by atoms with E-state index in [1.54, 1.807) is 0 Å². The van der Waals surface area contributed by atoms with E-state index in [-0.39, 0.29) is 11.5 Å². The zero-order valence-electron chi connectivity index (χ0n) is 18.0. The first-order valence-corrected chi connectivity index (χ1v) is 11.3. The van der Waals surface area contributed by atoms with Crippen LogP contribution in [0.25, 0.3) is 0 Å². The molecule has 0 radical (unpaired) electrons. The molecule has 2 aromatic rings. The van der Waals surface area contributed by atoms with E-state index < -0.39 is 11.6 Å². The second-order valence-electron chi connectivity index (χ2n) is 8.49. The van der Waals surface area contributed by atoms with Crippen molar-refractivity contribution < 1.29 is 8.78 Å². The van der Waals surface area contributed by atoms with Crippen molar-refractivity contribution >= 4 is 0 Å². The molecule has 0 atom stereocenters. The standard InChI is InChI=1S/C28H32F2/c1-3-5-7-21-9-11-23(12-10-21)15-18-26-27(29)19-25(20-28(26)30)24-16-13-22(14-17-24)8-6-4-2/h4,9-12,19-20,22,24H,2-3,5-8,13-14,16-17H2,1H3. The molecular formula is C28H32F2. The van der Waals surface area contributed by atoms with Crippen LogP contribution < -0.4 is 0 Å². The van der Waals surface area contributed by atoms with Crippen molar-refractivity contribution in [1.82, 2.24) is 0 Å². The highest BCUT2D eigenvalue weighted by Gasteiger charge is 2.23. The van der Waals surface area contributed by atoms with Gasteiger partial charge in [0.05, 0.1) is 5.56 Å². The Hall–Kier alpha value is -2.40. The highest BCUT2D eigenvalue weighted by atomic mass is 19.1. The maximum absolute atomic E-state index is 14.7. The minimum atomic E-state index is -0.550. The molecule has 1 aliphatic rings. The summed E-state index contributed by atoms with van der Waals surface area (Å²) >= 11 is 0. The van der Waals surface area contributed by atoms with Crippen molar-refractivity contribution in [2.75, 3.05) is 0 Å². The van der Waals surface area contributed by atoms with Gasteiger partial charge in [0.1, 0.15) is 11.6 Å². The maximum atomic E-state index is 14.7. The molecule has 0 N–H and O–H groups in total. The zero-order valence-corrected chi connectivity index (χ0v) is 18.0. The van der Waals surface area contributed by atoms with Gasteiger partial charge in [-0.1, -0.05) is 43.4 Å². The molecule has 1 aliphatic carbocycles. The lowest BCUT2D eigenvalue weighted by atomic mass is 9.77. The van der Waals surface area contributed by atoms with Gasteiger partial charge in [-0.25, -0.2) is 8.78 Å². The molecule has 0 nitrogen and oxygen atoms in total. The highest BCUT2D eigenvalue weighted by molar-refractivity contribution is 5.46. The highest BCUT2D eigenvalue weighted by Crippen LogP contribution is 2.38. The van der Waals surface area contributed by atoms with E-state index >= 15 is 0 Å². The molecule has 2 heteroatoms. The van der Waals surface area contributed by atoms with E-state index in [1.165, 1.54) is 24.1 Å². The molecule has 1 saturated carbocycles. The molecule has 2 aromatic carbocycles. The van der Waals surface area contributed by atoms with Gasteiger partial charge in [-0.05, 0) is 98.6 Å². The first-order valence-electron chi connectivity index (χ1n) is 11.3. The van der Waals surface area contributed by atoms with E-state index in [1.807, 2.05) is 30.3 Å². The smallest absolute Gasteiger partial charge is 0.142 e. The van der Waals surface area contributed by atoms with Crippen molar-refractivity contribution in [2.24, 2.45) is 5.92 Å². The molecule has 0 aliphatic heterocycles. The van der Waals surface area contributed by atoms with Crippen molar-refractivity contribution in [3.63, 3.8) is 0 Å². The summed E-state index contributed by atoms with van der Waals surface area (Å²) in [4.78, 5) is 0. The van der Waals surface area contributed by atoms with Crippen LogP contribution in [0.5, 0.6) is 0 Å². The second-order valence-corrected chi connectivity index (χ2v) is 8.49. The van der Waals surface area contributed by atoms with Gasteiger partial charge in [-0.3, -0.25) is 0 Å². The minimum absolute atomic E-state index is 0.131. The Morgan fingerprint density at radius 1 is 1.00 bits per heavy atom. The third kappa shape index (κ3) is 6.05. The van der Waals surface area contributed by atoms with Gasteiger partial charge in [0.15, 0.2) is 0 Å². The van der Waals surface area contributed by atoms with Crippen molar-refractivity contribution in [3.8, 4) is 11.8 Å². The van der Waals surface area contributed by atoms with Crippen LogP contribution in [0.1, 0.15) is 86.5 Å². The monoisotopic (exact) mass is 406 g/mol. The number of halogens is 2. The van der Waals surface area contributed by atoms with Gasteiger partial charge >= 0.3 is 0 Å². The predicted molar refractivity (Wildman–Crippen MR) is 122 cm³/mol. The topological polar surface area (TPSA) is 0 Å². The van der Waals surface area contributed by atoms with E-state index in [0.29, 0.717) is 5.92 Å². The average Bonchev–Trinajstić information content (AvgIpc) is 2.76. The fourth-order valence-electron chi connectivity index (χ4n) is 4.36. The second kappa shape index (κ2) is 11.1. The maximum Gasteiger partial charge on any atom is 0.142 e. The van der Waals surface area contributed by atoms with Crippen LogP contribution >= 0.6 is 0 Å². The summed E-state index contributed by atoms with van der Waals surface area (Å²) < 4.78 is 29.3. The number of allylic oxidation sites excluding steroid dienone is 1. The molecular weight excluding hydrogens is 374 g/mol. The first kappa shape index (κ1) is 22.3. The lowest BCUT2D eigenvalue weighted by molar-refractivity contribution is 0.311. The van der Waals surface area contributed by atoms with Gasteiger partial charge < -0.3 is 0 Å². The van der Waals surface area contributed by atoms with Crippen molar-refractivity contribution in [3.05, 3.63) is 82.9 Å². The summed E-state index contributed by atoms with van der Waals surface area (Å²) in [5, 5.41) is 0. The Labute approximate surface area is 180 Å². The normalized spacial score (nSPS) is 18.5. The number of hydrogen-bond acceptors (Lipinski definition) is 0. The Balaban J connectivity index is 1.67. The molecule has 158 valence electrons. The van der Waals surface area contributed by atoms with E-state index in [0.717, 1.165) is 62.5 Å². The average molecular weight is 407 g/mol. The van der Waals surface area contributed by atoms with Gasteiger partial charge in [0, 0.05) is 5.56 Å². The molecule has 0 amide bonds. The number of benzene rings is 2. The lowest BCUT2D eigenvalue weighted by Gasteiger charge is -2.28. The predicted octanol–water partition coefficient (Wildman–Crippen LogP) is 7.95. The third-order valence-corrected chi connectivity index (χ3v) is 6.27. The van der Waals surface area contributed by atoms with E-state index in [9.17, 15) is 8.78 Å². The summed E-state index contributed by atoms with van der Waals surface area (Å²) in [6, 6.07) is 10.9. The Bertz CT molecular complexity index is 867. The van der Waals surface area contributed by atoms with Crippen LogP contribution in [0.4, 0.5) is 8.78 Å². The molecule has 1 fully saturated rings. The molecule has 0 heterocycles. The Morgan fingerprint density at radius 2 is 1.67 bits per heavy atom. The summed E-state index contributed by atoms with van der Waals surface area (Å²) in [6.07, 6.45) is 11.8. The number of rotatable bonds is 7. The molecule has 0 spiro atoms. The van der Waals surface area contributed by atoms with Crippen LogP contribution in [0.3, 0.4) is 0 Å². The molecule has 0 bridgehead atoms. The molecule has 0 unspecified atom stereocenters. The van der Waals surface area contributed by atoms with E-state index in [2.05, 4.69) is 25.3 Å². The van der Waals surface area contributed by atoms with Crippen LogP contribution in [0.2, 0.25) is 0 Å². The Kier molecular flexibility index (Phi) is 8.26. The van der Waals surface area contributed by atoms with Crippen molar-refractivity contribution in [2.45, 2.75) is 70.6 Å². The van der Waals surface area contributed by atoms with Gasteiger partial charge in [0.2, 0.25) is 0 Å². The Morgan fingerprint density at radius 3 is 2.27 bits per heavy atom. The number of unbranched alkanes of at least 4 members (excludes halogenated alkanes) is 1. The van der Waals surface area contributed by atoms with Gasteiger partial charge in [0.25, 0.3) is 0 Å². The summed E-state index contributed by atoms with van der Waals surface area (Å²) in [5.41, 5.74) is 2.69. The first-order chi connectivity index (χ1) is 14.6. The molecule has 30 heavy (non-hydrogen) atoms.